The number of pyridine rings is 1. The van der Waals surface area contributed by atoms with Gasteiger partial charge in [-0.2, -0.15) is 0 Å². The summed E-state index contributed by atoms with van der Waals surface area (Å²) in [6, 6.07) is 11.7. The molecule has 0 aliphatic heterocycles. The number of anilines is 1. The van der Waals surface area contributed by atoms with Gasteiger partial charge >= 0.3 is 0 Å². The van der Waals surface area contributed by atoms with E-state index in [0.29, 0.717) is 23.8 Å². The van der Waals surface area contributed by atoms with Crippen molar-refractivity contribution in [3.8, 4) is 0 Å². The van der Waals surface area contributed by atoms with Crippen molar-refractivity contribution in [1.82, 2.24) is 9.88 Å². The molecule has 0 saturated carbocycles. The first-order valence-corrected chi connectivity index (χ1v) is 7.76. The Hall–Kier alpha value is -2.40. The number of hydrogen-bond donors (Lipinski definition) is 1. The van der Waals surface area contributed by atoms with Crippen LogP contribution in [0.1, 0.15) is 34.8 Å². The maximum absolute atomic E-state index is 12.3. The van der Waals surface area contributed by atoms with Crippen molar-refractivity contribution in [3.05, 3.63) is 58.9 Å². The number of para-hydroxylation sites is 1. The van der Waals surface area contributed by atoms with E-state index in [4.69, 9.17) is 11.6 Å². The number of aromatic nitrogens is 1. The van der Waals surface area contributed by atoms with E-state index in [9.17, 15) is 9.59 Å². The Balaban J connectivity index is 2.21. The lowest BCUT2D eigenvalue weighted by Gasteiger charge is -2.18. The van der Waals surface area contributed by atoms with Gasteiger partial charge in [-0.05, 0) is 38.1 Å². The summed E-state index contributed by atoms with van der Waals surface area (Å²) in [4.78, 5) is 30.4. The molecule has 1 aromatic carbocycles. The predicted octanol–water partition coefficient (Wildman–Crippen LogP) is 3.47. The third kappa shape index (κ3) is 4.07. The third-order valence-electron chi connectivity index (χ3n) is 3.37. The Morgan fingerprint density at radius 1 is 1.04 bits per heavy atom. The zero-order chi connectivity index (χ0) is 16.8. The first kappa shape index (κ1) is 17.0. The molecule has 0 spiro atoms. The number of nitrogens with zero attached hydrogens (tertiary/aromatic N) is 2. The molecule has 0 saturated heterocycles. The predicted molar refractivity (Wildman–Crippen MR) is 90.9 cm³/mol. The maximum Gasteiger partial charge on any atom is 0.274 e. The molecular weight excluding hydrogens is 314 g/mol. The van der Waals surface area contributed by atoms with Crippen LogP contribution in [0.5, 0.6) is 0 Å². The zero-order valence-electron chi connectivity index (χ0n) is 13.0. The van der Waals surface area contributed by atoms with E-state index >= 15 is 0 Å². The lowest BCUT2D eigenvalue weighted by atomic mass is 10.2. The monoisotopic (exact) mass is 331 g/mol. The molecule has 23 heavy (non-hydrogen) atoms. The second-order valence-electron chi connectivity index (χ2n) is 4.82. The number of carbonyl (C=O) groups is 2. The molecule has 1 heterocycles. The van der Waals surface area contributed by atoms with Crippen molar-refractivity contribution in [2.75, 3.05) is 18.4 Å². The van der Waals surface area contributed by atoms with E-state index in [1.807, 2.05) is 13.8 Å². The quantitative estimate of drug-likeness (QED) is 0.912. The fourth-order valence-corrected chi connectivity index (χ4v) is 2.29. The van der Waals surface area contributed by atoms with Crippen molar-refractivity contribution >= 4 is 29.1 Å². The molecule has 2 amide bonds. The number of halogens is 1. The molecule has 0 aliphatic carbocycles. The van der Waals surface area contributed by atoms with Gasteiger partial charge in [0, 0.05) is 13.1 Å². The third-order valence-corrected chi connectivity index (χ3v) is 3.70. The number of nitrogens with one attached hydrogen (secondary N) is 1. The van der Waals surface area contributed by atoms with Crippen LogP contribution in [0.15, 0.2) is 42.5 Å². The SMILES string of the molecule is CCN(CC)C(=O)c1cccc(C(=O)Nc2ccccc2Cl)n1. The van der Waals surface area contributed by atoms with E-state index in [-0.39, 0.29) is 17.3 Å². The highest BCUT2D eigenvalue weighted by Crippen LogP contribution is 2.21. The minimum Gasteiger partial charge on any atom is -0.338 e. The molecule has 5 nitrogen and oxygen atoms in total. The average molecular weight is 332 g/mol. The van der Waals surface area contributed by atoms with Crippen LogP contribution in [-0.4, -0.2) is 34.8 Å². The fourth-order valence-electron chi connectivity index (χ4n) is 2.10. The number of benzene rings is 1. The Kier molecular flexibility index (Phi) is 5.71. The van der Waals surface area contributed by atoms with Gasteiger partial charge in [0.15, 0.2) is 0 Å². The second-order valence-corrected chi connectivity index (χ2v) is 5.23. The van der Waals surface area contributed by atoms with Crippen molar-refractivity contribution in [2.24, 2.45) is 0 Å². The molecule has 0 unspecified atom stereocenters. The molecule has 0 bridgehead atoms. The number of carbonyl (C=O) groups excluding carboxylic acids is 2. The van der Waals surface area contributed by atoms with E-state index in [2.05, 4.69) is 10.3 Å². The minimum atomic E-state index is -0.410. The summed E-state index contributed by atoms with van der Waals surface area (Å²) < 4.78 is 0. The van der Waals surface area contributed by atoms with Crippen LogP contribution in [0, 0.1) is 0 Å². The second kappa shape index (κ2) is 7.74. The highest BCUT2D eigenvalue weighted by molar-refractivity contribution is 6.33. The summed E-state index contributed by atoms with van der Waals surface area (Å²) >= 11 is 6.02. The van der Waals surface area contributed by atoms with Crippen LogP contribution >= 0.6 is 11.6 Å². The number of rotatable bonds is 5. The molecule has 120 valence electrons. The zero-order valence-corrected chi connectivity index (χ0v) is 13.8. The van der Waals surface area contributed by atoms with Gasteiger partial charge in [0.1, 0.15) is 11.4 Å². The number of amides is 2. The minimum absolute atomic E-state index is 0.169. The Morgan fingerprint density at radius 2 is 1.70 bits per heavy atom. The van der Waals surface area contributed by atoms with E-state index in [1.54, 1.807) is 47.4 Å². The fraction of sp³-hybridized carbons (Fsp3) is 0.235. The van der Waals surface area contributed by atoms with Gasteiger partial charge in [-0.1, -0.05) is 29.8 Å². The number of hydrogen-bond acceptors (Lipinski definition) is 3. The molecule has 0 radical (unpaired) electrons. The van der Waals surface area contributed by atoms with Crippen molar-refractivity contribution in [3.63, 3.8) is 0 Å². The first-order chi connectivity index (χ1) is 11.1. The van der Waals surface area contributed by atoms with Crippen LogP contribution in [0.4, 0.5) is 5.69 Å². The molecule has 0 atom stereocenters. The molecule has 6 heteroatoms. The molecule has 2 rings (SSSR count). The molecule has 0 aliphatic rings. The summed E-state index contributed by atoms with van der Waals surface area (Å²) in [7, 11) is 0. The van der Waals surface area contributed by atoms with E-state index < -0.39 is 5.91 Å². The Morgan fingerprint density at radius 3 is 2.35 bits per heavy atom. The summed E-state index contributed by atoms with van der Waals surface area (Å²) in [5.74, 6) is -0.602. The molecule has 1 aromatic heterocycles. The van der Waals surface area contributed by atoms with Crippen molar-refractivity contribution in [2.45, 2.75) is 13.8 Å². The Bertz CT molecular complexity index is 714. The van der Waals surface area contributed by atoms with Gasteiger partial charge in [-0.15, -0.1) is 0 Å². The van der Waals surface area contributed by atoms with E-state index in [0.717, 1.165) is 0 Å². The normalized spacial score (nSPS) is 10.2. The van der Waals surface area contributed by atoms with Crippen LogP contribution in [0.3, 0.4) is 0 Å². The summed E-state index contributed by atoms with van der Waals surface area (Å²) in [6.45, 7) is 4.98. The summed E-state index contributed by atoms with van der Waals surface area (Å²) in [6.07, 6.45) is 0. The molecular formula is C17H18ClN3O2. The van der Waals surface area contributed by atoms with Gasteiger partial charge in [0.25, 0.3) is 11.8 Å². The maximum atomic E-state index is 12.3. The van der Waals surface area contributed by atoms with Gasteiger partial charge < -0.3 is 10.2 Å². The molecule has 2 aromatic rings. The van der Waals surface area contributed by atoms with E-state index in [1.165, 1.54) is 0 Å². The summed E-state index contributed by atoms with van der Waals surface area (Å²) in [5.41, 5.74) is 0.921. The van der Waals surface area contributed by atoms with Crippen molar-refractivity contribution in [1.29, 1.82) is 0 Å². The van der Waals surface area contributed by atoms with Gasteiger partial charge in [-0.3, -0.25) is 9.59 Å². The van der Waals surface area contributed by atoms with Gasteiger partial charge in [0.2, 0.25) is 0 Å². The average Bonchev–Trinajstić information content (AvgIpc) is 2.58. The van der Waals surface area contributed by atoms with Gasteiger partial charge in [0.05, 0.1) is 10.7 Å². The smallest absolute Gasteiger partial charge is 0.274 e. The lowest BCUT2D eigenvalue weighted by Crippen LogP contribution is -2.31. The summed E-state index contributed by atoms with van der Waals surface area (Å²) in [5, 5.41) is 3.13. The largest absolute Gasteiger partial charge is 0.338 e. The molecule has 1 N–H and O–H groups in total. The van der Waals surface area contributed by atoms with Crippen LogP contribution in [-0.2, 0) is 0 Å². The standard InChI is InChI=1S/C17H18ClN3O2/c1-3-21(4-2)17(23)15-11-7-10-14(19-15)16(22)20-13-9-6-5-8-12(13)18/h5-11H,3-4H2,1-2H3,(H,20,22). The van der Waals surface area contributed by atoms with Crippen LogP contribution in [0.2, 0.25) is 5.02 Å². The van der Waals surface area contributed by atoms with Gasteiger partial charge in [-0.25, -0.2) is 4.98 Å². The van der Waals surface area contributed by atoms with Crippen LogP contribution in [0.25, 0.3) is 0 Å². The van der Waals surface area contributed by atoms with Crippen molar-refractivity contribution < 1.29 is 9.59 Å². The topological polar surface area (TPSA) is 62.3 Å². The van der Waals surface area contributed by atoms with Crippen LogP contribution < -0.4 is 5.32 Å². The Labute approximate surface area is 140 Å². The molecule has 0 fully saturated rings. The highest BCUT2D eigenvalue weighted by atomic mass is 35.5. The highest BCUT2D eigenvalue weighted by Gasteiger charge is 2.16. The first-order valence-electron chi connectivity index (χ1n) is 7.39. The lowest BCUT2D eigenvalue weighted by molar-refractivity contribution is 0.0767.